The molecule has 0 saturated heterocycles. The molecule has 0 fully saturated rings. The summed E-state index contributed by atoms with van der Waals surface area (Å²) in [5.41, 5.74) is 1.21. The Morgan fingerprint density at radius 3 is 2.75 bits per heavy atom. The second-order valence-corrected chi connectivity index (χ2v) is 4.95. The number of thiophene rings is 1. The molecule has 0 bridgehead atoms. The number of nitrogens with zero attached hydrogens (tertiary/aromatic N) is 2. The van der Waals surface area contributed by atoms with E-state index in [1.165, 1.54) is 0 Å². The van der Waals surface area contributed by atoms with Gasteiger partial charge in [-0.05, 0) is 28.4 Å². The van der Waals surface area contributed by atoms with E-state index in [0.29, 0.717) is 20.4 Å². The molecule has 2 aromatic rings. The van der Waals surface area contributed by atoms with Crippen molar-refractivity contribution in [2.45, 2.75) is 13.5 Å². The van der Waals surface area contributed by atoms with E-state index in [0.717, 1.165) is 16.9 Å². The van der Waals surface area contributed by atoms with Gasteiger partial charge in [0, 0.05) is 5.39 Å². The van der Waals surface area contributed by atoms with Gasteiger partial charge in [-0.3, -0.25) is 0 Å². The lowest BCUT2D eigenvalue weighted by atomic mass is 10.1. The second-order valence-electron chi connectivity index (χ2n) is 3.16. The third kappa shape index (κ3) is 1.60. The molecule has 16 heavy (non-hydrogen) atoms. The number of hydrogen-bond acceptors (Lipinski definition) is 5. The standard InChI is InChI=1S/C9H7BrN2O3S/c1-3-4(2-13)11-12-8-5(3)6(10)7(16-8)9(14)15/h13H,2H2,1H3,(H,14,15). The van der Waals surface area contributed by atoms with Crippen LogP contribution in [0.4, 0.5) is 0 Å². The average molecular weight is 303 g/mol. The highest BCUT2D eigenvalue weighted by Crippen LogP contribution is 2.36. The van der Waals surface area contributed by atoms with Crippen LogP contribution in [0.1, 0.15) is 20.9 Å². The minimum absolute atomic E-state index is 0.197. The van der Waals surface area contributed by atoms with Crippen molar-refractivity contribution in [3.63, 3.8) is 0 Å². The molecule has 0 atom stereocenters. The Hall–Kier alpha value is -1.05. The fourth-order valence-electron chi connectivity index (χ4n) is 1.41. The van der Waals surface area contributed by atoms with E-state index in [2.05, 4.69) is 26.1 Å². The van der Waals surface area contributed by atoms with Crippen LogP contribution in [-0.2, 0) is 6.61 Å². The van der Waals surface area contributed by atoms with Crippen molar-refractivity contribution in [2.75, 3.05) is 0 Å². The van der Waals surface area contributed by atoms with E-state index in [1.807, 2.05) is 0 Å². The quantitative estimate of drug-likeness (QED) is 0.886. The molecule has 2 heterocycles. The normalized spacial score (nSPS) is 10.9. The van der Waals surface area contributed by atoms with Gasteiger partial charge in [-0.15, -0.1) is 16.4 Å². The minimum Gasteiger partial charge on any atom is -0.477 e. The first kappa shape index (κ1) is 11.4. The van der Waals surface area contributed by atoms with Crippen molar-refractivity contribution in [2.24, 2.45) is 0 Å². The number of aromatic nitrogens is 2. The summed E-state index contributed by atoms with van der Waals surface area (Å²) in [6.45, 7) is 1.57. The van der Waals surface area contributed by atoms with Gasteiger partial charge in [-0.1, -0.05) is 0 Å². The summed E-state index contributed by atoms with van der Waals surface area (Å²) in [6, 6.07) is 0. The Labute approximate surface area is 103 Å². The summed E-state index contributed by atoms with van der Waals surface area (Å²) in [5, 5.41) is 26.5. The first-order valence-electron chi connectivity index (χ1n) is 4.34. The van der Waals surface area contributed by atoms with Crippen LogP contribution in [-0.4, -0.2) is 26.4 Å². The summed E-state index contributed by atoms with van der Waals surface area (Å²) in [7, 11) is 0. The van der Waals surface area contributed by atoms with E-state index >= 15 is 0 Å². The molecule has 84 valence electrons. The Kier molecular flexibility index (Phi) is 2.92. The number of aryl methyl sites for hydroxylation is 1. The third-order valence-corrected chi connectivity index (χ3v) is 4.36. The number of carboxylic acids is 1. The number of aliphatic hydroxyl groups is 1. The van der Waals surface area contributed by atoms with Gasteiger partial charge < -0.3 is 10.2 Å². The van der Waals surface area contributed by atoms with Crippen molar-refractivity contribution in [1.29, 1.82) is 0 Å². The zero-order valence-electron chi connectivity index (χ0n) is 8.19. The lowest BCUT2D eigenvalue weighted by Crippen LogP contribution is -1.96. The highest BCUT2D eigenvalue weighted by molar-refractivity contribution is 9.10. The summed E-state index contributed by atoms with van der Waals surface area (Å²) >= 11 is 4.31. The number of halogens is 1. The van der Waals surface area contributed by atoms with Crippen LogP contribution < -0.4 is 0 Å². The first-order chi connectivity index (χ1) is 7.56. The zero-order chi connectivity index (χ0) is 11.9. The topological polar surface area (TPSA) is 83.3 Å². The zero-order valence-corrected chi connectivity index (χ0v) is 10.6. The molecule has 0 unspecified atom stereocenters. The van der Waals surface area contributed by atoms with E-state index in [1.54, 1.807) is 6.92 Å². The van der Waals surface area contributed by atoms with E-state index in [4.69, 9.17) is 10.2 Å². The molecule has 0 aliphatic carbocycles. The minimum atomic E-state index is -1.00. The molecule has 0 radical (unpaired) electrons. The molecule has 0 spiro atoms. The Morgan fingerprint density at radius 1 is 1.50 bits per heavy atom. The van der Waals surface area contributed by atoms with Crippen LogP contribution in [0.25, 0.3) is 10.2 Å². The van der Waals surface area contributed by atoms with Crippen LogP contribution in [0.2, 0.25) is 0 Å². The molecule has 2 N–H and O–H groups in total. The highest BCUT2D eigenvalue weighted by Gasteiger charge is 2.19. The largest absolute Gasteiger partial charge is 0.477 e. The number of carboxylic acid groups (broad SMARTS) is 1. The average Bonchev–Trinajstić information content (AvgIpc) is 2.57. The number of carbonyl (C=O) groups is 1. The van der Waals surface area contributed by atoms with Crippen LogP contribution in [0.15, 0.2) is 4.47 Å². The van der Waals surface area contributed by atoms with Crippen molar-refractivity contribution in [3.05, 3.63) is 20.6 Å². The molecule has 7 heteroatoms. The Balaban J connectivity index is 2.83. The van der Waals surface area contributed by atoms with Crippen LogP contribution in [0, 0.1) is 6.92 Å². The molecule has 5 nitrogen and oxygen atoms in total. The summed E-state index contributed by atoms with van der Waals surface area (Å²) < 4.78 is 0.502. The molecule has 0 saturated carbocycles. The fourth-order valence-corrected chi connectivity index (χ4v) is 3.35. The van der Waals surface area contributed by atoms with Crippen molar-refractivity contribution in [1.82, 2.24) is 10.2 Å². The molecule has 0 aromatic carbocycles. The molecule has 0 aliphatic rings. The van der Waals surface area contributed by atoms with E-state index < -0.39 is 5.97 Å². The van der Waals surface area contributed by atoms with Crippen molar-refractivity contribution < 1.29 is 15.0 Å². The second kappa shape index (κ2) is 4.08. The molecule has 2 aromatic heterocycles. The van der Waals surface area contributed by atoms with E-state index in [9.17, 15) is 4.79 Å². The van der Waals surface area contributed by atoms with Gasteiger partial charge in [0.25, 0.3) is 0 Å². The highest BCUT2D eigenvalue weighted by atomic mass is 79.9. The first-order valence-corrected chi connectivity index (χ1v) is 5.95. The van der Waals surface area contributed by atoms with E-state index in [-0.39, 0.29) is 11.5 Å². The Morgan fingerprint density at radius 2 is 2.19 bits per heavy atom. The monoisotopic (exact) mass is 302 g/mol. The number of aromatic carboxylic acids is 1. The molecular formula is C9H7BrN2O3S. The lowest BCUT2D eigenvalue weighted by Gasteiger charge is -2.01. The number of fused-ring (bicyclic) bond motifs is 1. The van der Waals surface area contributed by atoms with Gasteiger partial charge in [0.15, 0.2) is 0 Å². The molecule has 0 amide bonds. The van der Waals surface area contributed by atoms with Crippen molar-refractivity contribution in [3.8, 4) is 0 Å². The predicted molar refractivity (Wildman–Crippen MR) is 62.7 cm³/mol. The molecule has 2 rings (SSSR count). The SMILES string of the molecule is Cc1c(CO)nnc2sc(C(=O)O)c(Br)c12. The summed E-state index contributed by atoms with van der Waals surface area (Å²) in [6.07, 6.45) is 0. The lowest BCUT2D eigenvalue weighted by molar-refractivity contribution is 0.0701. The van der Waals surface area contributed by atoms with Crippen molar-refractivity contribution >= 4 is 43.5 Å². The smallest absolute Gasteiger partial charge is 0.347 e. The number of hydrogen-bond donors (Lipinski definition) is 2. The maximum Gasteiger partial charge on any atom is 0.347 e. The van der Waals surface area contributed by atoms with Crippen LogP contribution in [0.5, 0.6) is 0 Å². The summed E-state index contributed by atoms with van der Waals surface area (Å²) in [4.78, 5) is 11.7. The summed E-state index contributed by atoms with van der Waals surface area (Å²) in [5.74, 6) is -1.00. The fraction of sp³-hybridized carbons (Fsp3) is 0.222. The number of aliphatic hydroxyl groups excluding tert-OH is 1. The van der Waals surface area contributed by atoms with Gasteiger partial charge in [-0.2, -0.15) is 5.10 Å². The third-order valence-electron chi connectivity index (χ3n) is 2.24. The van der Waals surface area contributed by atoms with Gasteiger partial charge in [-0.25, -0.2) is 4.79 Å². The maximum absolute atomic E-state index is 10.9. The molecular weight excluding hydrogens is 296 g/mol. The van der Waals surface area contributed by atoms with Gasteiger partial charge in [0.1, 0.15) is 9.71 Å². The maximum atomic E-state index is 10.9. The number of rotatable bonds is 2. The van der Waals surface area contributed by atoms with Gasteiger partial charge >= 0.3 is 5.97 Å². The van der Waals surface area contributed by atoms with Crippen LogP contribution in [0.3, 0.4) is 0 Å². The van der Waals surface area contributed by atoms with Crippen LogP contribution >= 0.6 is 27.3 Å². The van der Waals surface area contributed by atoms with Gasteiger partial charge in [0.05, 0.1) is 16.8 Å². The Bertz CT molecular complexity index is 582. The van der Waals surface area contributed by atoms with Gasteiger partial charge in [0.2, 0.25) is 0 Å². The molecule has 0 aliphatic heterocycles. The predicted octanol–water partition coefficient (Wildman–Crippen LogP) is 1.95.